The number of para-hydroxylation sites is 1. The molecule has 4 aromatic carbocycles. The van der Waals surface area contributed by atoms with Gasteiger partial charge < -0.3 is 4.74 Å². The first-order valence-electron chi connectivity index (χ1n) is 11.3. The molecule has 2 aliphatic rings. The van der Waals surface area contributed by atoms with Crippen LogP contribution >= 0.6 is 15.9 Å². The Morgan fingerprint density at radius 3 is 2.40 bits per heavy atom. The van der Waals surface area contributed by atoms with Crippen LogP contribution in [0.4, 0.5) is 11.4 Å². The van der Waals surface area contributed by atoms with Crippen molar-refractivity contribution in [2.75, 3.05) is 17.1 Å². The molecule has 0 unspecified atom stereocenters. The van der Waals surface area contributed by atoms with Gasteiger partial charge in [-0.1, -0.05) is 70.5 Å². The number of hydroxylamine groups is 1. The van der Waals surface area contributed by atoms with Crippen molar-refractivity contribution in [3.63, 3.8) is 0 Å². The number of hydrogen-bond donors (Lipinski definition) is 0. The Morgan fingerprint density at radius 1 is 0.857 bits per heavy atom. The van der Waals surface area contributed by atoms with Crippen LogP contribution in [0.1, 0.15) is 11.6 Å². The Kier molecular flexibility index (Phi) is 5.31. The number of ether oxygens (including phenoxy) is 1. The van der Waals surface area contributed by atoms with Crippen LogP contribution in [0.2, 0.25) is 0 Å². The van der Waals surface area contributed by atoms with Gasteiger partial charge in [0.25, 0.3) is 5.91 Å². The second-order valence-corrected chi connectivity index (χ2v) is 9.47. The number of amides is 2. The Hall–Kier alpha value is -3.68. The highest BCUT2D eigenvalue weighted by Gasteiger charge is 2.61. The minimum Gasteiger partial charge on any atom is -0.496 e. The van der Waals surface area contributed by atoms with Gasteiger partial charge in [-0.3, -0.25) is 14.4 Å². The van der Waals surface area contributed by atoms with Crippen molar-refractivity contribution >= 4 is 49.9 Å². The fourth-order valence-corrected chi connectivity index (χ4v) is 5.49. The van der Waals surface area contributed by atoms with Crippen molar-refractivity contribution in [2.24, 2.45) is 5.92 Å². The highest BCUT2D eigenvalue weighted by atomic mass is 79.9. The maximum Gasteiger partial charge on any atom is 0.266 e. The number of benzene rings is 4. The van der Waals surface area contributed by atoms with Crippen LogP contribution in [0.5, 0.6) is 5.75 Å². The molecule has 7 heteroatoms. The van der Waals surface area contributed by atoms with E-state index in [1.165, 1.54) is 4.90 Å². The predicted octanol–water partition coefficient (Wildman–Crippen LogP) is 5.66. The summed E-state index contributed by atoms with van der Waals surface area (Å²) in [7, 11) is 1.59. The Bertz CT molecular complexity index is 1450. The molecule has 0 aliphatic carbocycles. The molecule has 2 aliphatic heterocycles. The summed E-state index contributed by atoms with van der Waals surface area (Å²) in [5, 5.41) is 3.48. The number of halogens is 1. The minimum absolute atomic E-state index is 0.290. The van der Waals surface area contributed by atoms with Crippen LogP contribution in [-0.2, 0) is 14.4 Å². The number of hydrogen-bond acceptors (Lipinski definition) is 5. The first-order valence-corrected chi connectivity index (χ1v) is 12.1. The van der Waals surface area contributed by atoms with E-state index in [2.05, 4.69) is 15.9 Å². The molecule has 0 bridgehead atoms. The van der Waals surface area contributed by atoms with E-state index in [0.29, 0.717) is 11.4 Å². The molecule has 0 saturated carbocycles. The summed E-state index contributed by atoms with van der Waals surface area (Å²) in [6.07, 6.45) is -0.949. The summed E-state index contributed by atoms with van der Waals surface area (Å²) in [6, 6.07) is 27.9. The Morgan fingerprint density at radius 2 is 1.60 bits per heavy atom. The van der Waals surface area contributed by atoms with Crippen molar-refractivity contribution in [1.29, 1.82) is 0 Å². The summed E-state index contributed by atoms with van der Waals surface area (Å²) in [5.74, 6) is -0.785. The summed E-state index contributed by atoms with van der Waals surface area (Å²) in [5.41, 5.74) is 2.09. The zero-order valence-electron chi connectivity index (χ0n) is 18.8. The molecule has 2 fully saturated rings. The maximum absolute atomic E-state index is 14.0. The van der Waals surface area contributed by atoms with Gasteiger partial charge in [0.05, 0.1) is 24.5 Å². The van der Waals surface area contributed by atoms with Crippen molar-refractivity contribution in [3.8, 4) is 5.75 Å². The van der Waals surface area contributed by atoms with Gasteiger partial charge in [0, 0.05) is 15.4 Å². The third kappa shape index (κ3) is 3.42. The van der Waals surface area contributed by atoms with E-state index in [4.69, 9.17) is 9.57 Å². The molecule has 0 aromatic heterocycles. The van der Waals surface area contributed by atoms with Crippen LogP contribution in [0.25, 0.3) is 10.8 Å². The molecule has 0 spiro atoms. The molecular weight excluding hydrogens is 508 g/mol. The van der Waals surface area contributed by atoms with Crippen molar-refractivity contribution < 1.29 is 19.2 Å². The summed E-state index contributed by atoms with van der Waals surface area (Å²) < 4.78 is 6.50. The molecule has 6 nitrogen and oxygen atoms in total. The number of anilines is 2. The molecule has 0 N–H and O–H groups in total. The van der Waals surface area contributed by atoms with Crippen molar-refractivity contribution in [2.45, 2.75) is 12.1 Å². The lowest BCUT2D eigenvalue weighted by Gasteiger charge is -2.30. The average molecular weight is 529 g/mol. The van der Waals surface area contributed by atoms with Gasteiger partial charge in [-0.2, -0.15) is 0 Å². The van der Waals surface area contributed by atoms with E-state index in [1.807, 2.05) is 91.0 Å². The van der Waals surface area contributed by atoms with Gasteiger partial charge in [0.2, 0.25) is 5.91 Å². The summed E-state index contributed by atoms with van der Waals surface area (Å²) in [6.45, 7) is 0. The second kappa shape index (κ2) is 8.52. The van der Waals surface area contributed by atoms with Gasteiger partial charge in [-0.15, -0.1) is 0 Å². The number of rotatable bonds is 4. The molecule has 174 valence electrons. The molecule has 6 rings (SSSR count). The molecule has 35 heavy (non-hydrogen) atoms. The van der Waals surface area contributed by atoms with Crippen LogP contribution in [0.15, 0.2) is 95.5 Å². The van der Waals surface area contributed by atoms with Gasteiger partial charge >= 0.3 is 0 Å². The molecule has 4 aromatic rings. The number of nitrogens with zero attached hydrogens (tertiary/aromatic N) is 2. The first-order chi connectivity index (χ1) is 17.1. The van der Waals surface area contributed by atoms with E-state index in [1.54, 1.807) is 12.2 Å². The molecule has 2 saturated heterocycles. The number of fused-ring (bicyclic) bond motifs is 2. The largest absolute Gasteiger partial charge is 0.496 e. The molecule has 2 heterocycles. The van der Waals surface area contributed by atoms with Crippen molar-refractivity contribution in [3.05, 3.63) is 101 Å². The fourth-order valence-electron chi connectivity index (χ4n) is 5.11. The van der Waals surface area contributed by atoms with E-state index in [-0.39, 0.29) is 11.8 Å². The van der Waals surface area contributed by atoms with Crippen molar-refractivity contribution in [1.82, 2.24) is 0 Å². The molecule has 2 amide bonds. The highest BCUT2D eigenvalue weighted by molar-refractivity contribution is 9.10. The third-order valence-electron chi connectivity index (χ3n) is 6.64. The summed E-state index contributed by atoms with van der Waals surface area (Å²) in [4.78, 5) is 35.3. The van der Waals surface area contributed by atoms with Crippen LogP contribution in [0.3, 0.4) is 0 Å². The Balaban J connectivity index is 1.50. The molecule has 3 atom stereocenters. The quantitative estimate of drug-likeness (QED) is 0.320. The van der Waals surface area contributed by atoms with Gasteiger partial charge in [-0.25, -0.2) is 9.96 Å². The smallest absolute Gasteiger partial charge is 0.266 e. The van der Waals surface area contributed by atoms with E-state index in [0.717, 1.165) is 26.5 Å². The van der Waals surface area contributed by atoms with E-state index < -0.39 is 18.1 Å². The van der Waals surface area contributed by atoms with Crippen LogP contribution in [0, 0.1) is 5.92 Å². The minimum atomic E-state index is -0.949. The van der Waals surface area contributed by atoms with Gasteiger partial charge in [0.15, 0.2) is 6.10 Å². The summed E-state index contributed by atoms with van der Waals surface area (Å²) >= 11 is 3.55. The fraction of sp³-hybridized carbons (Fsp3) is 0.143. The molecular formula is C28H21BrN2O4. The van der Waals surface area contributed by atoms with Gasteiger partial charge in [0.1, 0.15) is 11.7 Å². The first kappa shape index (κ1) is 21.8. The topological polar surface area (TPSA) is 59.1 Å². The number of imide groups is 1. The van der Waals surface area contributed by atoms with Gasteiger partial charge in [-0.05, 0) is 41.8 Å². The standard InChI is InChI=1S/C28H21BrN2O4/c1-34-23-15-14-18(29)16-21(23)25-24-26(35-31(25)19-10-3-2-4-11-19)28(33)30(27(24)32)22-13-7-9-17-8-5-6-12-20(17)22/h2-16,24-26H,1H3/t24-,25+,26-/m0/s1. The zero-order chi connectivity index (χ0) is 24.1. The lowest BCUT2D eigenvalue weighted by molar-refractivity contribution is -0.126. The lowest BCUT2D eigenvalue weighted by Crippen LogP contribution is -2.37. The molecule has 0 radical (unpaired) electrons. The van der Waals surface area contributed by atoms with Crippen LogP contribution < -0.4 is 14.7 Å². The highest BCUT2D eigenvalue weighted by Crippen LogP contribution is 2.50. The van der Waals surface area contributed by atoms with Crippen LogP contribution in [-0.4, -0.2) is 25.0 Å². The zero-order valence-corrected chi connectivity index (χ0v) is 20.4. The predicted molar refractivity (Wildman–Crippen MR) is 137 cm³/mol. The Labute approximate surface area is 210 Å². The SMILES string of the molecule is COc1ccc(Br)cc1[C@@H]1[C@@H]2C(=O)N(c3cccc4ccccc34)C(=O)[C@H]2ON1c1ccccc1. The second-order valence-electron chi connectivity index (χ2n) is 8.55. The maximum atomic E-state index is 14.0. The number of carbonyl (C=O) groups excluding carboxylic acids is 2. The van der Waals surface area contributed by atoms with E-state index >= 15 is 0 Å². The normalized spacial score (nSPS) is 21.6. The van der Waals surface area contributed by atoms with E-state index in [9.17, 15) is 9.59 Å². The third-order valence-corrected chi connectivity index (χ3v) is 7.14. The average Bonchev–Trinajstić information content (AvgIpc) is 3.40. The lowest BCUT2D eigenvalue weighted by atomic mass is 9.90. The number of carbonyl (C=O) groups is 2. The number of methoxy groups -OCH3 is 1. The monoisotopic (exact) mass is 528 g/mol.